The van der Waals surface area contributed by atoms with Crippen LogP contribution in [0.4, 0.5) is 18.9 Å². The lowest BCUT2D eigenvalue weighted by molar-refractivity contribution is -0.140. The van der Waals surface area contributed by atoms with Gasteiger partial charge >= 0.3 is 6.43 Å². The zero-order chi connectivity index (χ0) is 21.3. The van der Waals surface area contributed by atoms with Gasteiger partial charge in [0.15, 0.2) is 0 Å². The average Bonchev–Trinajstić information content (AvgIpc) is 3.22. The van der Waals surface area contributed by atoms with E-state index in [0.29, 0.717) is 16.9 Å². The first-order chi connectivity index (χ1) is 14.4. The number of halogens is 3. The fourth-order valence-electron chi connectivity index (χ4n) is 3.32. The number of nitrogens with zero attached hydrogens (tertiary/aromatic N) is 5. The average molecular weight is 417 g/mol. The summed E-state index contributed by atoms with van der Waals surface area (Å²) in [5, 5.41) is 6.86. The van der Waals surface area contributed by atoms with Crippen molar-refractivity contribution in [3.05, 3.63) is 60.2 Å². The number of anilines is 1. The Bertz CT molecular complexity index is 1020. The number of likely N-dealkylation sites (tertiary alicyclic amines) is 1. The Morgan fingerprint density at radius 2 is 1.93 bits per heavy atom. The maximum atomic E-state index is 15.0. The summed E-state index contributed by atoms with van der Waals surface area (Å²) in [5.74, 6) is -1.48. The number of alkyl halides is 3. The van der Waals surface area contributed by atoms with E-state index < -0.39 is 23.9 Å². The minimum atomic E-state index is -2.86. The van der Waals surface area contributed by atoms with Gasteiger partial charge in [0.2, 0.25) is 11.6 Å². The van der Waals surface area contributed by atoms with Crippen LogP contribution < -0.4 is 4.90 Å². The Hall–Kier alpha value is -3.27. The van der Waals surface area contributed by atoms with E-state index in [4.69, 9.17) is 4.42 Å². The zero-order valence-corrected chi connectivity index (χ0v) is 16.0. The van der Waals surface area contributed by atoms with Gasteiger partial charge in [0.25, 0.3) is 11.8 Å². The summed E-state index contributed by atoms with van der Waals surface area (Å²) in [5.41, 5.74) is -0.544. The van der Waals surface area contributed by atoms with Crippen LogP contribution in [0, 0.1) is 0 Å². The van der Waals surface area contributed by atoms with Gasteiger partial charge in [0.05, 0.1) is 17.8 Å². The molecule has 1 aromatic carbocycles. The number of aromatic nitrogens is 3. The van der Waals surface area contributed by atoms with Crippen LogP contribution in [0.25, 0.3) is 11.5 Å². The highest BCUT2D eigenvalue weighted by Crippen LogP contribution is 2.30. The van der Waals surface area contributed by atoms with E-state index in [1.165, 1.54) is 11.1 Å². The fraction of sp³-hybridized carbons (Fsp3) is 0.300. The molecule has 7 nitrogen and oxygen atoms in total. The number of carbonyl (C=O) groups excluding carboxylic acids is 1. The van der Waals surface area contributed by atoms with Crippen molar-refractivity contribution in [3.8, 4) is 11.5 Å². The number of amides is 1. The number of rotatable bonds is 6. The summed E-state index contributed by atoms with van der Waals surface area (Å²) in [6.45, 7) is 0.112. The number of pyridine rings is 1. The van der Waals surface area contributed by atoms with Crippen molar-refractivity contribution in [2.75, 3.05) is 25.0 Å². The molecular formula is C20H18F3N5O2. The zero-order valence-electron chi connectivity index (χ0n) is 16.0. The molecule has 0 unspecified atom stereocenters. The van der Waals surface area contributed by atoms with Gasteiger partial charge in [0.1, 0.15) is 0 Å². The van der Waals surface area contributed by atoms with Gasteiger partial charge in [-0.3, -0.25) is 14.7 Å². The molecule has 0 radical (unpaired) electrons. The molecule has 3 heterocycles. The maximum Gasteiger partial charge on any atom is 0.314 e. The van der Waals surface area contributed by atoms with Crippen LogP contribution in [0.1, 0.15) is 18.0 Å². The third-order valence-electron chi connectivity index (χ3n) is 4.76. The largest absolute Gasteiger partial charge is 0.415 e. The normalized spacial score (nSPS) is 15.8. The van der Waals surface area contributed by atoms with E-state index in [1.807, 2.05) is 0 Å². The van der Waals surface area contributed by atoms with E-state index in [-0.39, 0.29) is 25.5 Å². The summed E-state index contributed by atoms with van der Waals surface area (Å²) >= 11 is 0. The summed E-state index contributed by atoms with van der Waals surface area (Å²) in [6.07, 6.45) is -1.48. The molecule has 1 amide bonds. The van der Waals surface area contributed by atoms with Gasteiger partial charge in [-0.05, 0) is 31.3 Å². The first-order valence-electron chi connectivity index (χ1n) is 9.17. The van der Waals surface area contributed by atoms with Gasteiger partial charge in [-0.1, -0.05) is 18.2 Å². The second-order valence-electron chi connectivity index (χ2n) is 7.15. The minimum Gasteiger partial charge on any atom is -0.415 e. The van der Waals surface area contributed by atoms with Crippen molar-refractivity contribution in [2.24, 2.45) is 0 Å². The highest BCUT2D eigenvalue weighted by Gasteiger charge is 2.50. The number of hydrogen-bond donors (Lipinski definition) is 0. The van der Waals surface area contributed by atoms with Crippen LogP contribution in [-0.4, -0.2) is 51.8 Å². The van der Waals surface area contributed by atoms with E-state index in [9.17, 15) is 18.0 Å². The van der Waals surface area contributed by atoms with Crippen molar-refractivity contribution >= 4 is 11.6 Å². The van der Waals surface area contributed by atoms with Crippen molar-refractivity contribution in [1.29, 1.82) is 0 Å². The molecule has 0 bridgehead atoms. The first kappa shape index (κ1) is 20.0. The van der Waals surface area contributed by atoms with Crippen LogP contribution in [0.3, 0.4) is 0 Å². The topological polar surface area (TPSA) is 75.4 Å². The molecule has 3 aromatic rings. The van der Waals surface area contributed by atoms with Crippen molar-refractivity contribution < 1.29 is 22.4 Å². The van der Waals surface area contributed by atoms with Crippen LogP contribution in [-0.2, 0) is 11.3 Å². The number of benzene rings is 1. The molecule has 0 aliphatic carbocycles. The van der Waals surface area contributed by atoms with Crippen LogP contribution in [0.15, 0.2) is 53.1 Å². The molecule has 0 saturated carbocycles. The maximum absolute atomic E-state index is 15.0. The van der Waals surface area contributed by atoms with Gasteiger partial charge in [0, 0.05) is 25.0 Å². The number of hydrogen-bond acceptors (Lipinski definition) is 6. The Morgan fingerprint density at radius 1 is 1.20 bits per heavy atom. The standard InChI is InChI=1S/C20H18F3N5O2/c1-27-11-20(23,12-27)19(29)28(15-5-3-2-4-6-15)10-14-8-7-13(9-24-14)17-25-26-18(30-17)16(21)22/h2-9,16H,10-12H2,1H3. The lowest BCUT2D eigenvalue weighted by atomic mass is 9.95. The second-order valence-corrected chi connectivity index (χ2v) is 7.15. The monoisotopic (exact) mass is 417 g/mol. The van der Waals surface area contributed by atoms with E-state index in [1.54, 1.807) is 54.4 Å². The predicted octanol–water partition coefficient (Wildman–Crippen LogP) is 3.26. The molecule has 1 fully saturated rings. The number of carbonyl (C=O) groups is 1. The second kappa shape index (κ2) is 7.86. The summed E-state index contributed by atoms with van der Waals surface area (Å²) in [4.78, 5) is 20.3. The first-order valence-corrected chi connectivity index (χ1v) is 9.17. The lowest BCUT2D eigenvalue weighted by Crippen LogP contribution is -2.65. The highest BCUT2D eigenvalue weighted by atomic mass is 19.3. The Morgan fingerprint density at radius 3 is 2.50 bits per heavy atom. The van der Waals surface area contributed by atoms with E-state index in [2.05, 4.69) is 15.2 Å². The smallest absolute Gasteiger partial charge is 0.314 e. The Balaban J connectivity index is 1.56. The fourth-order valence-corrected chi connectivity index (χ4v) is 3.32. The molecule has 30 heavy (non-hydrogen) atoms. The third kappa shape index (κ3) is 3.90. The summed E-state index contributed by atoms with van der Waals surface area (Å²) in [6, 6.07) is 12.0. The minimum absolute atomic E-state index is 0.0329. The summed E-state index contributed by atoms with van der Waals surface area (Å²) in [7, 11) is 1.75. The SMILES string of the molecule is CN1CC(F)(C(=O)N(Cc2ccc(-c3nnc(C(F)F)o3)cn2)c2ccccc2)C1. The molecule has 1 aliphatic heterocycles. The van der Waals surface area contributed by atoms with Crippen molar-refractivity contribution in [2.45, 2.75) is 18.6 Å². The van der Waals surface area contributed by atoms with Crippen molar-refractivity contribution in [1.82, 2.24) is 20.1 Å². The number of para-hydroxylation sites is 1. The van der Waals surface area contributed by atoms with Gasteiger partial charge in [-0.25, -0.2) is 4.39 Å². The lowest BCUT2D eigenvalue weighted by Gasteiger charge is -2.43. The predicted molar refractivity (Wildman–Crippen MR) is 101 cm³/mol. The van der Waals surface area contributed by atoms with Gasteiger partial charge < -0.3 is 9.32 Å². The molecule has 0 N–H and O–H groups in total. The molecule has 0 atom stereocenters. The molecule has 1 saturated heterocycles. The molecule has 10 heteroatoms. The van der Waals surface area contributed by atoms with Gasteiger partial charge in [-0.15, -0.1) is 10.2 Å². The van der Waals surface area contributed by atoms with Crippen LogP contribution in [0.5, 0.6) is 0 Å². The van der Waals surface area contributed by atoms with Gasteiger partial charge in [-0.2, -0.15) is 8.78 Å². The quantitative estimate of drug-likeness (QED) is 0.613. The van der Waals surface area contributed by atoms with Crippen LogP contribution >= 0.6 is 0 Å². The van der Waals surface area contributed by atoms with E-state index in [0.717, 1.165) is 0 Å². The molecule has 1 aliphatic rings. The molecular weight excluding hydrogens is 399 g/mol. The van der Waals surface area contributed by atoms with Crippen LogP contribution in [0.2, 0.25) is 0 Å². The molecule has 4 rings (SSSR count). The summed E-state index contributed by atoms with van der Waals surface area (Å²) < 4.78 is 45.1. The Kier molecular flexibility index (Phi) is 5.25. The highest BCUT2D eigenvalue weighted by molar-refractivity contribution is 6.00. The molecule has 156 valence electrons. The third-order valence-corrected chi connectivity index (χ3v) is 4.76. The van der Waals surface area contributed by atoms with Crippen molar-refractivity contribution in [3.63, 3.8) is 0 Å². The molecule has 0 spiro atoms. The Labute approximate surface area is 170 Å². The van der Waals surface area contributed by atoms with E-state index >= 15 is 0 Å². The molecule has 2 aromatic heterocycles.